The van der Waals surface area contributed by atoms with Gasteiger partial charge in [-0.1, -0.05) is 11.6 Å². The molecule has 2 rings (SSSR count). The van der Waals surface area contributed by atoms with Gasteiger partial charge in [0.1, 0.15) is 11.9 Å². The second-order valence-electron chi connectivity index (χ2n) is 3.49. The molecule has 0 aromatic heterocycles. The molecule has 1 aliphatic heterocycles. The van der Waals surface area contributed by atoms with Crippen molar-refractivity contribution in [2.24, 2.45) is 0 Å². The van der Waals surface area contributed by atoms with Gasteiger partial charge in [-0.05, 0) is 31.0 Å². The lowest BCUT2D eigenvalue weighted by Gasteiger charge is -2.08. The summed E-state index contributed by atoms with van der Waals surface area (Å²) in [7, 11) is 0. The number of hydrogen-bond donors (Lipinski definition) is 0. The SMILES string of the molecule is O=C(c1ccc(Cl)cc1F)C1CCCO1. The standard InChI is InChI=1S/C11H10ClFO2/c12-7-3-4-8(9(13)6-7)11(14)10-2-1-5-15-10/h3-4,6,10H,1-2,5H2. The van der Waals surface area contributed by atoms with Gasteiger partial charge in [0, 0.05) is 11.6 Å². The molecular formula is C11H10ClFO2. The Morgan fingerprint density at radius 2 is 2.33 bits per heavy atom. The third-order valence-corrected chi connectivity index (χ3v) is 2.65. The minimum absolute atomic E-state index is 0.0614. The third-order valence-electron chi connectivity index (χ3n) is 2.42. The van der Waals surface area contributed by atoms with Crippen molar-refractivity contribution in [2.45, 2.75) is 18.9 Å². The highest BCUT2D eigenvalue weighted by atomic mass is 35.5. The molecule has 0 aliphatic carbocycles. The number of carbonyl (C=O) groups is 1. The lowest BCUT2D eigenvalue weighted by molar-refractivity contribution is 0.0639. The molecule has 2 nitrogen and oxygen atoms in total. The Bertz CT molecular complexity index is 386. The molecule has 1 aromatic carbocycles. The molecule has 1 heterocycles. The molecule has 1 fully saturated rings. The van der Waals surface area contributed by atoms with Crippen LogP contribution in [0.1, 0.15) is 23.2 Å². The zero-order valence-corrected chi connectivity index (χ0v) is 8.76. The number of halogens is 2. The summed E-state index contributed by atoms with van der Waals surface area (Å²) in [4.78, 5) is 11.8. The Labute approximate surface area is 92.0 Å². The monoisotopic (exact) mass is 228 g/mol. The first-order valence-corrected chi connectivity index (χ1v) is 5.17. The van der Waals surface area contributed by atoms with Gasteiger partial charge in [-0.15, -0.1) is 0 Å². The van der Waals surface area contributed by atoms with Gasteiger partial charge in [0.25, 0.3) is 0 Å². The van der Waals surface area contributed by atoms with Crippen LogP contribution < -0.4 is 0 Å². The molecule has 0 radical (unpaired) electrons. The van der Waals surface area contributed by atoms with Crippen LogP contribution in [-0.4, -0.2) is 18.5 Å². The highest BCUT2D eigenvalue weighted by molar-refractivity contribution is 6.30. The number of benzene rings is 1. The van der Waals surface area contributed by atoms with E-state index in [-0.39, 0.29) is 16.4 Å². The zero-order valence-electron chi connectivity index (χ0n) is 8.00. The molecule has 1 saturated heterocycles. The van der Waals surface area contributed by atoms with Crippen LogP contribution >= 0.6 is 11.6 Å². The van der Waals surface area contributed by atoms with Crippen LogP contribution in [-0.2, 0) is 4.74 Å². The van der Waals surface area contributed by atoms with E-state index in [0.717, 1.165) is 12.5 Å². The predicted octanol–water partition coefficient (Wildman–Crippen LogP) is 2.84. The van der Waals surface area contributed by atoms with Gasteiger partial charge in [0.2, 0.25) is 0 Å². The molecule has 0 spiro atoms. The molecule has 0 amide bonds. The lowest BCUT2D eigenvalue weighted by atomic mass is 10.0. The van der Waals surface area contributed by atoms with Gasteiger partial charge < -0.3 is 4.74 Å². The van der Waals surface area contributed by atoms with Gasteiger partial charge in [0.15, 0.2) is 5.78 Å². The summed E-state index contributed by atoms with van der Waals surface area (Å²) < 4.78 is 18.6. The Morgan fingerprint density at radius 3 is 2.93 bits per heavy atom. The Hall–Kier alpha value is -0.930. The van der Waals surface area contributed by atoms with Crippen molar-refractivity contribution >= 4 is 17.4 Å². The topological polar surface area (TPSA) is 26.3 Å². The van der Waals surface area contributed by atoms with Crippen LogP contribution in [0.2, 0.25) is 5.02 Å². The summed E-state index contributed by atoms with van der Waals surface area (Å²) in [6.07, 6.45) is 1.03. The highest BCUT2D eigenvalue weighted by Crippen LogP contribution is 2.21. The van der Waals surface area contributed by atoms with Crippen LogP contribution in [0.15, 0.2) is 18.2 Å². The third kappa shape index (κ3) is 2.19. The van der Waals surface area contributed by atoms with Gasteiger partial charge in [0.05, 0.1) is 5.56 Å². The van der Waals surface area contributed by atoms with E-state index in [1.54, 1.807) is 0 Å². The van der Waals surface area contributed by atoms with Crippen molar-refractivity contribution in [3.05, 3.63) is 34.6 Å². The van der Waals surface area contributed by atoms with Crippen LogP contribution in [0.4, 0.5) is 4.39 Å². The molecule has 1 aliphatic rings. The van der Waals surface area contributed by atoms with E-state index in [2.05, 4.69) is 0 Å². The van der Waals surface area contributed by atoms with Crippen molar-refractivity contribution in [3.63, 3.8) is 0 Å². The van der Waals surface area contributed by atoms with E-state index in [9.17, 15) is 9.18 Å². The highest BCUT2D eigenvalue weighted by Gasteiger charge is 2.26. The van der Waals surface area contributed by atoms with Crippen molar-refractivity contribution < 1.29 is 13.9 Å². The number of rotatable bonds is 2. The molecule has 1 unspecified atom stereocenters. The van der Waals surface area contributed by atoms with E-state index >= 15 is 0 Å². The van der Waals surface area contributed by atoms with Crippen LogP contribution in [0.3, 0.4) is 0 Å². The zero-order chi connectivity index (χ0) is 10.8. The molecule has 80 valence electrons. The van der Waals surface area contributed by atoms with Gasteiger partial charge in [-0.2, -0.15) is 0 Å². The van der Waals surface area contributed by atoms with Gasteiger partial charge in [-0.25, -0.2) is 4.39 Å². The number of ether oxygens (including phenoxy) is 1. The molecule has 1 aromatic rings. The van der Waals surface area contributed by atoms with E-state index in [4.69, 9.17) is 16.3 Å². The Balaban J connectivity index is 2.24. The number of hydrogen-bond acceptors (Lipinski definition) is 2. The summed E-state index contributed by atoms with van der Waals surface area (Å²) in [5.41, 5.74) is 0.0614. The van der Waals surface area contributed by atoms with Crippen LogP contribution in [0, 0.1) is 5.82 Å². The maximum atomic E-state index is 13.4. The quantitative estimate of drug-likeness (QED) is 0.728. The summed E-state index contributed by atoms with van der Waals surface area (Å²) in [6.45, 7) is 0.575. The average Bonchev–Trinajstić information content (AvgIpc) is 2.69. The first kappa shape index (κ1) is 10.6. The largest absolute Gasteiger partial charge is 0.370 e. The molecule has 0 bridgehead atoms. The van der Waals surface area contributed by atoms with Crippen LogP contribution in [0.5, 0.6) is 0 Å². The summed E-state index contributed by atoms with van der Waals surface area (Å²) in [5.74, 6) is -0.871. The Morgan fingerprint density at radius 1 is 1.53 bits per heavy atom. The van der Waals surface area contributed by atoms with Crippen molar-refractivity contribution in [1.29, 1.82) is 0 Å². The first-order chi connectivity index (χ1) is 7.18. The molecule has 0 N–H and O–H groups in total. The normalized spacial score (nSPS) is 20.5. The van der Waals surface area contributed by atoms with Crippen LogP contribution in [0.25, 0.3) is 0 Å². The van der Waals surface area contributed by atoms with E-state index in [1.807, 2.05) is 0 Å². The maximum absolute atomic E-state index is 13.4. The number of Topliss-reactive ketones (excluding diaryl/α,β-unsaturated/α-hetero) is 1. The van der Waals surface area contributed by atoms with E-state index in [0.29, 0.717) is 13.0 Å². The smallest absolute Gasteiger partial charge is 0.194 e. The summed E-state index contributed by atoms with van der Waals surface area (Å²) >= 11 is 5.60. The number of carbonyl (C=O) groups excluding carboxylic acids is 1. The Kier molecular flexibility index (Phi) is 3.03. The predicted molar refractivity (Wildman–Crippen MR) is 54.7 cm³/mol. The number of ketones is 1. The van der Waals surface area contributed by atoms with Gasteiger partial charge >= 0.3 is 0 Å². The second-order valence-corrected chi connectivity index (χ2v) is 3.93. The molecule has 15 heavy (non-hydrogen) atoms. The second kappa shape index (κ2) is 4.29. The molecule has 1 atom stereocenters. The molecular weight excluding hydrogens is 219 g/mol. The molecule has 4 heteroatoms. The van der Waals surface area contributed by atoms with Crippen molar-refractivity contribution in [3.8, 4) is 0 Å². The van der Waals surface area contributed by atoms with E-state index in [1.165, 1.54) is 12.1 Å². The van der Waals surface area contributed by atoms with Crippen molar-refractivity contribution in [1.82, 2.24) is 0 Å². The fourth-order valence-electron chi connectivity index (χ4n) is 1.65. The lowest BCUT2D eigenvalue weighted by Crippen LogP contribution is -2.20. The maximum Gasteiger partial charge on any atom is 0.194 e. The minimum atomic E-state index is -0.581. The van der Waals surface area contributed by atoms with E-state index < -0.39 is 11.9 Å². The fourth-order valence-corrected chi connectivity index (χ4v) is 1.81. The van der Waals surface area contributed by atoms with Crippen molar-refractivity contribution in [2.75, 3.05) is 6.61 Å². The summed E-state index contributed by atoms with van der Waals surface area (Å²) in [6, 6.07) is 4.05. The summed E-state index contributed by atoms with van der Waals surface area (Å²) in [5, 5.41) is 0.288. The first-order valence-electron chi connectivity index (χ1n) is 4.79. The fraction of sp³-hybridized carbons (Fsp3) is 0.364. The molecule has 0 saturated carbocycles. The minimum Gasteiger partial charge on any atom is -0.370 e. The van der Waals surface area contributed by atoms with Gasteiger partial charge in [-0.3, -0.25) is 4.79 Å². The average molecular weight is 229 g/mol.